The van der Waals surface area contributed by atoms with Crippen molar-refractivity contribution in [3.63, 3.8) is 0 Å². The van der Waals surface area contributed by atoms with Crippen LogP contribution in [0.3, 0.4) is 0 Å². The summed E-state index contributed by atoms with van der Waals surface area (Å²) in [5, 5.41) is 6.31. The van der Waals surface area contributed by atoms with Crippen molar-refractivity contribution in [2.45, 2.75) is 39.7 Å². The summed E-state index contributed by atoms with van der Waals surface area (Å²) in [5.74, 6) is -0.0108. The molecule has 0 bridgehead atoms. The zero-order chi connectivity index (χ0) is 14.8. The van der Waals surface area contributed by atoms with Gasteiger partial charge in [0.1, 0.15) is 0 Å². The predicted octanol–water partition coefficient (Wildman–Crippen LogP) is 3.11. The molecule has 4 heteroatoms. The highest BCUT2D eigenvalue weighted by atomic mass is 16.5. The Balaban J connectivity index is 2.43. The normalized spacial score (nSPS) is 12.2. The van der Waals surface area contributed by atoms with Crippen LogP contribution in [0.5, 0.6) is 0 Å². The van der Waals surface area contributed by atoms with Crippen molar-refractivity contribution in [1.29, 1.82) is 0 Å². The Morgan fingerprint density at radius 3 is 2.55 bits per heavy atom. The van der Waals surface area contributed by atoms with Gasteiger partial charge in [0.2, 0.25) is 5.91 Å². The van der Waals surface area contributed by atoms with Crippen molar-refractivity contribution in [3.05, 3.63) is 29.8 Å². The van der Waals surface area contributed by atoms with Gasteiger partial charge in [0.25, 0.3) is 0 Å². The molecule has 20 heavy (non-hydrogen) atoms. The minimum absolute atomic E-state index is 0.0108. The number of carbonyl (C=O) groups is 1. The van der Waals surface area contributed by atoms with Crippen molar-refractivity contribution in [2.75, 3.05) is 25.1 Å². The Labute approximate surface area is 121 Å². The zero-order valence-corrected chi connectivity index (χ0v) is 12.7. The van der Waals surface area contributed by atoms with Gasteiger partial charge in [-0.05, 0) is 44.5 Å². The van der Waals surface area contributed by atoms with Gasteiger partial charge in [-0.3, -0.25) is 4.79 Å². The number of amides is 1. The largest absolute Gasteiger partial charge is 0.381 e. The smallest absolute Gasteiger partial charge is 0.226 e. The highest BCUT2D eigenvalue weighted by molar-refractivity contribution is 5.90. The average molecular weight is 278 g/mol. The van der Waals surface area contributed by atoms with E-state index >= 15 is 0 Å². The molecule has 4 nitrogen and oxygen atoms in total. The molecule has 1 aromatic carbocycles. The van der Waals surface area contributed by atoms with Crippen molar-refractivity contribution in [2.24, 2.45) is 0 Å². The van der Waals surface area contributed by atoms with Crippen LogP contribution in [0.4, 0.5) is 5.69 Å². The van der Waals surface area contributed by atoms with E-state index in [-0.39, 0.29) is 5.91 Å². The van der Waals surface area contributed by atoms with E-state index in [2.05, 4.69) is 24.5 Å². The number of anilines is 1. The van der Waals surface area contributed by atoms with E-state index in [0.29, 0.717) is 25.7 Å². The third-order valence-corrected chi connectivity index (χ3v) is 3.07. The van der Waals surface area contributed by atoms with Gasteiger partial charge >= 0.3 is 0 Å². The number of hydrogen-bond acceptors (Lipinski definition) is 3. The summed E-state index contributed by atoms with van der Waals surface area (Å²) in [6, 6.07) is 8.31. The van der Waals surface area contributed by atoms with Crippen LogP contribution in [0.25, 0.3) is 0 Å². The average Bonchev–Trinajstić information content (AvgIpc) is 2.46. The third-order valence-electron chi connectivity index (χ3n) is 3.07. The van der Waals surface area contributed by atoms with Gasteiger partial charge in [-0.25, -0.2) is 0 Å². The molecule has 1 amide bonds. The summed E-state index contributed by atoms with van der Waals surface area (Å²) in [7, 11) is 0. The molecule has 1 atom stereocenters. The van der Waals surface area contributed by atoms with Gasteiger partial charge in [0.05, 0.1) is 13.0 Å². The van der Waals surface area contributed by atoms with Crippen LogP contribution in [0, 0.1) is 0 Å². The molecule has 2 N–H and O–H groups in total. The molecule has 0 spiro atoms. The van der Waals surface area contributed by atoms with Crippen molar-refractivity contribution < 1.29 is 9.53 Å². The van der Waals surface area contributed by atoms with E-state index in [1.165, 1.54) is 5.56 Å². The summed E-state index contributed by atoms with van der Waals surface area (Å²) in [4.78, 5) is 11.6. The molecule has 1 aromatic rings. The van der Waals surface area contributed by atoms with Crippen LogP contribution >= 0.6 is 0 Å². The molecular formula is C16H26N2O2. The van der Waals surface area contributed by atoms with Gasteiger partial charge in [-0.1, -0.05) is 19.1 Å². The third kappa shape index (κ3) is 6.17. The standard InChI is InChI=1S/C16H26N2O2/c1-4-11-17-13(3)14-6-8-15(9-7-14)18-16(19)10-12-20-5-2/h6-9,13,17H,4-5,10-12H2,1-3H3,(H,18,19). The molecule has 112 valence electrons. The molecule has 1 unspecified atom stereocenters. The molecule has 0 fully saturated rings. The fourth-order valence-electron chi connectivity index (χ4n) is 1.87. The van der Waals surface area contributed by atoms with Crippen LogP contribution in [-0.2, 0) is 9.53 Å². The van der Waals surface area contributed by atoms with Gasteiger partial charge < -0.3 is 15.4 Å². The lowest BCUT2D eigenvalue weighted by molar-refractivity contribution is -0.117. The molecule has 0 saturated carbocycles. The van der Waals surface area contributed by atoms with E-state index < -0.39 is 0 Å². The minimum Gasteiger partial charge on any atom is -0.381 e. The fourth-order valence-corrected chi connectivity index (χ4v) is 1.87. The number of benzene rings is 1. The number of ether oxygens (including phenoxy) is 1. The molecule has 0 aromatic heterocycles. The van der Waals surface area contributed by atoms with Crippen LogP contribution in [-0.4, -0.2) is 25.7 Å². The fraction of sp³-hybridized carbons (Fsp3) is 0.562. The first kappa shape index (κ1) is 16.7. The number of rotatable bonds is 9. The van der Waals surface area contributed by atoms with Crippen LogP contribution in [0.1, 0.15) is 45.2 Å². The highest BCUT2D eigenvalue weighted by Gasteiger charge is 2.05. The molecule has 1 rings (SSSR count). The first-order chi connectivity index (χ1) is 9.67. The maximum atomic E-state index is 11.6. The van der Waals surface area contributed by atoms with E-state index in [0.717, 1.165) is 18.7 Å². The lowest BCUT2D eigenvalue weighted by atomic mass is 10.1. The SMILES string of the molecule is CCCNC(C)c1ccc(NC(=O)CCOCC)cc1. The second-order valence-electron chi connectivity index (χ2n) is 4.79. The van der Waals surface area contributed by atoms with Crippen molar-refractivity contribution in [1.82, 2.24) is 5.32 Å². The molecule has 0 aliphatic carbocycles. The summed E-state index contributed by atoms with van der Waals surface area (Å²) >= 11 is 0. The summed E-state index contributed by atoms with van der Waals surface area (Å²) in [6.07, 6.45) is 1.52. The second-order valence-corrected chi connectivity index (χ2v) is 4.79. The predicted molar refractivity (Wildman–Crippen MR) is 82.9 cm³/mol. The maximum absolute atomic E-state index is 11.6. The van der Waals surface area contributed by atoms with Gasteiger partial charge in [-0.2, -0.15) is 0 Å². The monoisotopic (exact) mass is 278 g/mol. The molecule has 0 saturated heterocycles. The second kappa shape index (κ2) is 9.50. The van der Waals surface area contributed by atoms with Crippen LogP contribution < -0.4 is 10.6 Å². The summed E-state index contributed by atoms with van der Waals surface area (Å²) < 4.78 is 5.16. The van der Waals surface area contributed by atoms with E-state index in [9.17, 15) is 4.79 Å². The zero-order valence-electron chi connectivity index (χ0n) is 12.7. The van der Waals surface area contributed by atoms with Crippen LogP contribution in [0.2, 0.25) is 0 Å². The Morgan fingerprint density at radius 1 is 1.25 bits per heavy atom. The number of carbonyl (C=O) groups excluding carboxylic acids is 1. The first-order valence-corrected chi connectivity index (χ1v) is 7.38. The van der Waals surface area contributed by atoms with E-state index in [1.54, 1.807) is 0 Å². The quantitative estimate of drug-likeness (QED) is 0.682. The van der Waals surface area contributed by atoms with Gasteiger partial charge in [-0.15, -0.1) is 0 Å². The molecule has 0 aliphatic rings. The summed E-state index contributed by atoms with van der Waals surface area (Å²) in [6.45, 7) is 8.34. The Kier molecular flexibility index (Phi) is 7.92. The van der Waals surface area contributed by atoms with Gasteiger partial charge in [0, 0.05) is 18.3 Å². The number of nitrogens with one attached hydrogen (secondary N) is 2. The Morgan fingerprint density at radius 2 is 1.95 bits per heavy atom. The highest BCUT2D eigenvalue weighted by Crippen LogP contribution is 2.16. The van der Waals surface area contributed by atoms with E-state index in [1.807, 2.05) is 31.2 Å². The summed E-state index contributed by atoms with van der Waals surface area (Å²) in [5.41, 5.74) is 2.06. The van der Waals surface area contributed by atoms with Crippen molar-refractivity contribution >= 4 is 11.6 Å². The molecule has 0 heterocycles. The number of hydrogen-bond donors (Lipinski definition) is 2. The van der Waals surface area contributed by atoms with E-state index in [4.69, 9.17) is 4.74 Å². The topological polar surface area (TPSA) is 50.4 Å². The van der Waals surface area contributed by atoms with Gasteiger partial charge in [0.15, 0.2) is 0 Å². The maximum Gasteiger partial charge on any atom is 0.226 e. The Hall–Kier alpha value is -1.39. The van der Waals surface area contributed by atoms with Crippen LogP contribution in [0.15, 0.2) is 24.3 Å². The Bertz CT molecular complexity index is 390. The van der Waals surface area contributed by atoms with Crippen molar-refractivity contribution in [3.8, 4) is 0 Å². The minimum atomic E-state index is -0.0108. The lowest BCUT2D eigenvalue weighted by Gasteiger charge is -2.14. The molecule has 0 aliphatic heterocycles. The lowest BCUT2D eigenvalue weighted by Crippen LogP contribution is -2.19. The molecule has 0 radical (unpaired) electrons. The molecular weight excluding hydrogens is 252 g/mol. The first-order valence-electron chi connectivity index (χ1n) is 7.38.